The fourth-order valence-electron chi connectivity index (χ4n) is 2.93. The molecule has 160 valence electrons. The summed E-state index contributed by atoms with van der Waals surface area (Å²) in [5.74, 6) is -0.0469. The van der Waals surface area contributed by atoms with Gasteiger partial charge in [-0.05, 0) is 56.3 Å². The van der Waals surface area contributed by atoms with Gasteiger partial charge in [-0.25, -0.2) is 17.8 Å². The van der Waals surface area contributed by atoms with Crippen LogP contribution >= 0.6 is 0 Å². The highest BCUT2D eigenvalue weighted by atomic mass is 32.2. The zero-order chi connectivity index (χ0) is 22.0. The Kier molecular flexibility index (Phi) is 5.42. The molecule has 0 fully saturated rings. The van der Waals surface area contributed by atoms with Gasteiger partial charge in [0.25, 0.3) is 10.0 Å². The maximum atomic E-state index is 14.1. The van der Waals surface area contributed by atoms with Crippen molar-refractivity contribution in [3.63, 3.8) is 0 Å². The molecule has 0 saturated carbocycles. The van der Waals surface area contributed by atoms with Crippen molar-refractivity contribution in [2.45, 2.75) is 24.8 Å². The Morgan fingerprint density at radius 2 is 1.77 bits per heavy atom. The third-order valence-electron chi connectivity index (χ3n) is 4.28. The second-order valence-electron chi connectivity index (χ2n) is 7.08. The predicted octanol–water partition coefficient (Wildman–Crippen LogP) is 3.86. The Morgan fingerprint density at radius 3 is 2.55 bits per heavy atom. The highest BCUT2D eigenvalue weighted by Gasteiger charge is 2.21. The number of nitrogens with zero attached hydrogens (tertiary/aromatic N) is 3. The van der Waals surface area contributed by atoms with Crippen LogP contribution in [-0.4, -0.2) is 34.9 Å². The van der Waals surface area contributed by atoms with Gasteiger partial charge in [0.2, 0.25) is 0 Å². The number of sulfonamides is 1. The van der Waals surface area contributed by atoms with Gasteiger partial charge in [0, 0.05) is 11.7 Å². The normalized spacial score (nSPS) is 11.6. The lowest BCUT2D eigenvalue weighted by Crippen LogP contribution is -2.17. The summed E-state index contributed by atoms with van der Waals surface area (Å²) in [6.45, 7) is 3.92. The van der Waals surface area contributed by atoms with Crippen LogP contribution in [0, 0.1) is 5.82 Å². The first kappa shape index (κ1) is 20.5. The van der Waals surface area contributed by atoms with E-state index in [-0.39, 0.29) is 17.5 Å². The number of H-pyrrole nitrogens is 1. The van der Waals surface area contributed by atoms with Crippen LogP contribution in [0.4, 0.5) is 27.4 Å². The lowest BCUT2D eigenvalue weighted by atomic mass is 10.2. The quantitative estimate of drug-likeness (QED) is 0.343. The number of rotatable bonds is 7. The number of hydrogen-bond acceptors (Lipinski definition) is 7. The monoisotopic (exact) mass is 441 g/mol. The summed E-state index contributed by atoms with van der Waals surface area (Å²) in [6.07, 6.45) is 0. The maximum absolute atomic E-state index is 14.1. The molecule has 0 spiro atoms. The van der Waals surface area contributed by atoms with E-state index < -0.39 is 20.7 Å². The molecule has 4 rings (SSSR count). The Balaban J connectivity index is 1.71. The van der Waals surface area contributed by atoms with Crippen molar-refractivity contribution in [3.8, 4) is 0 Å². The third-order valence-corrected chi connectivity index (χ3v) is 5.68. The average Bonchev–Trinajstić information content (AvgIpc) is 3.17. The smallest absolute Gasteiger partial charge is 0.264 e. The van der Waals surface area contributed by atoms with E-state index in [1.807, 2.05) is 13.8 Å². The molecule has 0 atom stereocenters. The number of anilines is 4. The minimum Gasteiger partial charge on any atom is -0.368 e. The first-order chi connectivity index (χ1) is 14.8. The van der Waals surface area contributed by atoms with E-state index in [2.05, 4.69) is 35.8 Å². The molecule has 0 aliphatic carbocycles. The highest BCUT2D eigenvalue weighted by molar-refractivity contribution is 7.92. The number of halogens is 1. The van der Waals surface area contributed by atoms with E-state index in [9.17, 15) is 12.8 Å². The van der Waals surface area contributed by atoms with E-state index in [0.717, 1.165) is 6.07 Å². The molecule has 2 heterocycles. The summed E-state index contributed by atoms with van der Waals surface area (Å²) in [5, 5.41) is 16.9. The lowest BCUT2D eigenvalue weighted by Gasteiger charge is -2.16. The summed E-state index contributed by atoms with van der Waals surface area (Å²) < 4.78 is 42.1. The van der Waals surface area contributed by atoms with Crippen LogP contribution in [0.15, 0.2) is 59.5 Å². The molecule has 0 unspecified atom stereocenters. The molecular weight excluding hydrogens is 421 g/mol. The first-order valence-electron chi connectivity index (χ1n) is 9.44. The van der Waals surface area contributed by atoms with Crippen molar-refractivity contribution >= 4 is 44.1 Å². The van der Waals surface area contributed by atoms with Crippen molar-refractivity contribution in [2.24, 2.45) is 0 Å². The second-order valence-corrected chi connectivity index (χ2v) is 8.73. The molecule has 4 aromatic rings. The SMILES string of the molecule is CC(C)Nc1ccc(NS(=O)(=O)c2ccccc2F)c(Nc2ccc3n[nH]nc3c2)n1. The molecule has 31 heavy (non-hydrogen) atoms. The van der Waals surface area contributed by atoms with Crippen LogP contribution in [-0.2, 0) is 10.0 Å². The average molecular weight is 441 g/mol. The van der Waals surface area contributed by atoms with Crippen molar-refractivity contribution in [1.82, 2.24) is 20.4 Å². The Morgan fingerprint density at radius 1 is 1.00 bits per heavy atom. The molecule has 2 aromatic carbocycles. The van der Waals surface area contributed by atoms with Gasteiger partial charge in [-0.1, -0.05) is 12.1 Å². The number of aromatic amines is 1. The molecule has 0 bridgehead atoms. The highest BCUT2D eigenvalue weighted by Crippen LogP contribution is 2.29. The minimum absolute atomic E-state index is 0.118. The molecule has 11 heteroatoms. The third kappa shape index (κ3) is 4.56. The van der Waals surface area contributed by atoms with Crippen LogP contribution in [0.5, 0.6) is 0 Å². The predicted molar refractivity (Wildman–Crippen MR) is 117 cm³/mol. The largest absolute Gasteiger partial charge is 0.368 e. The summed E-state index contributed by atoms with van der Waals surface area (Å²) in [7, 11) is -4.17. The molecule has 4 N–H and O–H groups in total. The molecule has 0 radical (unpaired) electrons. The zero-order valence-corrected chi connectivity index (χ0v) is 17.5. The molecule has 0 aliphatic rings. The summed E-state index contributed by atoms with van der Waals surface area (Å²) in [5.41, 5.74) is 2.11. The first-order valence-corrected chi connectivity index (χ1v) is 10.9. The minimum atomic E-state index is -4.17. The fraction of sp³-hybridized carbons (Fsp3) is 0.150. The summed E-state index contributed by atoms with van der Waals surface area (Å²) >= 11 is 0. The van der Waals surface area contributed by atoms with Gasteiger partial charge in [0.15, 0.2) is 5.82 Å². The van der Waals surface area contributed by atoms with Crippen molar-refractivity contribution in [2.75, 3.05) is 15.4 Å². The molecule has 2 aromatic heterocycles. The van der Waals surface area contributed by atoms with Crippen LogP contribution in [0.2, 0.25) is 0 Å². The van der Waals surface area contributed by atoms with Gasteiger partial charge in [0.1, 0.15) is 27.6 Å². The topological polar surface area (TPSA) is 125 Å². The fourth-order valence-corrected chi connectivity index (χ4v) is 4.08. The molecule has 0 aliphatic heterocycles. The molecular formula is C20H20FN7O2S. The Hall–Kier alpha value is -3.73. The number of fused-ring (bicyclic) bond motifs is 1. The number of hydrogen-bond donors (Lipinski definition) is 4. The Labute approximate surface area is 178 Å². The van der Waals surface area contributed by atoms with Crippen molar-refractivity contribution in [3.05, 3.63) is 60.4 Å². The number of benzene rings is 2. The van der Waals surface area contributed by atoms with Gasteiger partial charge in [0.05, 0.1) is 5.69 Å². The maximum Gasteiger partial charge on any atom is 0.264 e. The zero-order valence-electron chi connectivity index (χ0n) is 16.7. The standard InChI is InChI=1S/C20H20FN7O2S/c1-12(2)22-19-10-9-16(27-31(29,30)18-6-4-3-5-14(18)21)20(24-19)23-13-7-8-15-17(11-13)26-28-25-15/h3-12,27H,1-2H3,(H2,22,23,24)(H,25,26,28). The van der Waals surface area contributed by atoms with E-state index in [1.54, 1.807) is 30.3 Å². The van der Waals surface area contributed by atoms with Crippen LogP contribution in [0.25, 0.3) is 11.0 Å². The van der Waals surface area contributed by atoms with Crippen molar-refractivity contribution < 1.29 is 12.8 Å². The van der Waals surface area contributed by atoms with Crippen molar-refractivity contribution in [1.29, 1.82) is 0 Å². The van der Waals surface area contributed by atoms with E-state index in [4.69, 9.17) is 0 Å². The van der Waals surface area contributed by atoms with Crippen LogP contribution in [0.3, 0.4) is 0 Å². The summed E-state index contributed by atoms with van der Waals surface area (Å²) in [4.78, 5) is 4.04. The van der Waals surface area contributed by atoms with Gasteiger partial charge >= 0.3 is 0 Å². The van der Waals surface area contributed by atoms with Gasteiger partial charge in [-0.2, -0.15) is 15.4 Å². The van der Waals surface area contributed by atoms with Gasteiger partial charge in [-0.3, -0.25) is 4.72 Å². The van der Waals surface area contributed by atoms with E-state index in [0.29, 0.717) is 22.5 Å². The van der Waals surface area contributed by atoms with Gasteiger partial charge in [-0.15, -0.1) is 0 Å². The number of nitrogens with one attached hydrogen (secondary N) is 4. The molecule has 0 saturated heterocycles. The summed E-state index contributed by atoms with van der Waals surface area (Å²) in [6, 6.07) is 13.8. The van der Waals surface area contributed by atoms with Crippen LogP contribution < -0.4 is 15.4 Å². The molecule has 9 nitrogen and oxygen atoms in total. The number of aromatic nitrogens is 4. The lowest BCUT2D eigenvalue weighted by molar-refractivity contribution is 0.570. The Bertz CT molecular complexity index is 1340. The number of pyridine rings is 1. The van der Waals surface area contributed by atoms with Gasteiger partial charge < -0.3 is 10.6 Å². The van der Waals surface area contributed by atoms with E-state index >= 15 is 0 Å². The van der Waals surface area contributed by atoms with Crippen LogP contribution in [0.1, 0.15) is 13.8 Å². The second kappa shape index (κ2) is 8.19. The van der Waals surface area contributed by atoms with E-state index in [1.165, 1.54) is 18.2 Å². The molecule has 0 amide bonds.